The topological polar surface area (TPSA) is 105 Å². The highest BCUT2D eigenvalue weighted by molar-refractivity contribution is 9.10. The first kappa shape index (κ1) is 15.9. The predicted molar refractivity (Wildman–Crippen MR) is 95.9 cm³/mol. The lowest BCUT2D eigenvalue weighted by Crippen LogP contribution is -2.40. The van der Waals surface area contributed by atoms with Gasteiger partial charge in [-0.1, -0.05) is 15.9 Å². The van der Waals surface area contributed by atoms with Gasteiger partial charge in [0.15, 0.2) is 0 Å². The van der Waals surface area contributed by atoms with Gasteiger partial charge in [0.2, 0.25) is 0 Å². The van der Waals surface area contributed by atoms with Gasteiger partial charge in [-0.2, -0.15) is 0 Å². The maximum Gasteiger partial charge on any atom is 0.147 e. The van der Waals surface area contributed by atoms with Gasteiger partial charge in [0, 0.05) is 34.9 Å². The number of piperidine rings is 1. The predicted octanol–water partition coefficient (Wildman–Crippen LogP) is 2.16. The van der Waals surface area contributed by atoms with Crippen LogP contribution in [0.3, 0.4) is 0 Å². The van der Waals surface area contributed by atoms with Gasteiger partial charge in [-0.3, -0.25) is 10.4 Å². The third kappa shape index (κ3) is 3.51. The van der Waals surface area contributed by atoms with Crippen molar-refractivity contribution in [1.29, 1.82) is 5.41 Å². The SMILES string of the molecule is N=C(c1cncc(N2CCC(N)CC2)n1)c1cc(Br)ccc1N. The Kier molecular flexibility index (Phi) is 4.58. The molecule has 1 fully saturated rings. The van der Waals surface area contributed by atoms with Gasteiger partial charge < -0.3 is 16.4 Å². The number of benzene rings is 1. The van der Waals surface area contributed by atoms with Crippen molar-refractivity contribution in [2.24, 2.45) is 5.73 Å². The molecule has 0 saturated carbocycles. The molecule has 1 aromatic heterocycles. The van der Waals surface area contributed by atoms with Crippen LogP contribution in [0.1, 0.15) is 24.1 Å². The van der Waals surface area contributed by atoms with Crippen LogP contribution < -0.4 is 16.4 Å². The fraction of sp³-hybridized carbons (Fsp3) is 0.312. The van der Waals surface area contributed by atoms with Crippen LogP contribution in [-0.2, 0) is 0 Å². The zero-order valence-electron chi connectivity index (χ0n) is 12.7. The monoisotopic (exact) mass is 374 g/mol. The molecule has 0 spiro atoms. The van der Waals surface area contributed by atoms with Crippen molar-refractivity contribution < 1.29 is 0 Å². The molecule has 1 aliphatic heterocycles. The van der Waals surface area contributed by atoms with E-state index in [4.69, 9.17) is 16.9 Å². The van der Waals surface area contributed by atoms with Crippen molar-refractivity contribution in [1.82, 2.24) is 9.97 Å². The molecule has 6 nitrogen and oxygen atoms in total. The highest BCUT2D eigenvalue weighted by atomic mass is 79.9. The third-order valence-corrected chi connectivity index (χ3v) is 4.52. The lowest BCUT2D eigenvalue weighted by molar-refractivity contribution is 0.498. The minimum atomic E-state index is 0.266. The average molecular weight is 375 g/mol. The largest absolute Gasteiger partial charge is 0.398 e. The zero-order chi connectivity index (χ0) is 16.4. The third-order valence-electron chi connectivity index (χ3n) is 4.03. The Hall–Kier alpha value is -1.99. The summed E-state index contributed by atoms with van der Waals surface area (Å²) < 4.78 is 0.876. The summed E-state index contributed by atoms with van der Waals surface area (Å²) in [6.45, 7) is 1.73. The lowest BCUT2D eigenvalue weighted by atomic mass is 10.1. The molecule has 0 unspecified atom stereocenters. The molecular formula is C16H19BrN6. The van der Waals surface area contributed by atoms with Crippen LogP contribution in [0.5, 0.6) is 0 Å². The Morgan fingerprint density at radius 3 is 2.74 bits per heavy atom. The van der Waals surface area contributed by atoms with Crippen molar-refractivity contribution >= 4 is 33.1 Å². The van der Waals surface area contributed by atoms with Crippen molar-refractivity contribution in [2.75, 3.05) is 23.7 Å². The normalized spacial score (nSPS) is 15.7. The van der Waals surface area contributed by atoms with Crippen LogP contribution in [0.25, 0.3) is 0 Å². The molecule has 0 radical (unpaired) electrons. The fourth-order valence-electron chi connectivity index (χ4n) is 2.64. The van der Waals surface area contributed by atoms with Crippen LogP contribution in [0.15, 0.2) is 35.1 Å². The Morgan fingerprint density at radius 2 is 2.00 bits per heavy atom. The minimum absolute atomic E-state index is 0.266. The van der Waals surface area contributed by atoms with Gasteiger partial charge in [0.1, 0.15) is 11.5 Å². The van der Waals surface area contributed by atoms with E-state index < -0.39 is 0 Å². The number of hydrogen-bond acceptors (Lipinski definition) is 6. The summed E-state index contributed by atoms with van der Waals surface area (Å²) in [5, 5.41) is 8.41. The molecule has 2 heterocycles. The number of halogens is 1. The number of nitrogens with zero attached hydrogens (tertiary/aromatic N) is 3. The molecule has 1 saturated heterocycles. The van der Waals surface area contributed by atoms with E-state index in [1.54, 1.807) is 18.5 Å². The number of rotatable bonds is 3. The van der Waals surface area contributed by atoms with E-state index in [1.165, 1.54) is 0 Å². The fourth-order valence-corrected chi connectivity index (χ4v) is 3.00. The molecular weight excluding hydrogens is 356 g/mol. The smallest absolute Gasteiger partial charge is 0.147 e. The highest BCUT2D eigenvalue weighted by Crippen LogP contribution is 2.22. The summed E-state index contributed by atoms with van der Waals surface area (Å²) in [7, 11) is 0. The Bertz CT molecular complexity index is 724. The van der Waals surface area contributed by atoms with E-state index in [0.29, 0.717) is 16.9 Å². The number of hydrogen-bond donors (Lipinski definition) is 3. The van der Waals surface area contributed by atoms with Crippen molar-refractivity contribution in [3.05, 3.63) is 46.3 Å². The van der Waals surface area contributed by atoms with E-state index in [0.717, 1.165) is 36.2 Å². The van der Waals surface area contributed by atoms with Gasteiger partial charge in [0.25, 0.3) is 0 Å². The minimum Gasteiger partial charge on any atom is -0.398 e. The molecule has 0 atom stereocenters. The standard InChI is InChI=1S/C16H19BrN6/c17-10-1-2-13(19)12(7-10)16(20)14-8-21-9-15(22-14)23-5-3-11(18)4-6-23/h1-2,7-9,11,20H,3-6,18-19H2. The summed E-state index contributed by atoms with van der Waals surface area (Å²) >= 11 is 3.41. The van der Waals surface area contributed by atoms with Crippen molar-refractivity contribution in [3.8, 4) is 0 Å². The Morgan fingerprint density at radius 1 is 1.26 bits per heavy atom. The number of aromatic nitrogens is 2. The maximum atomic E-state index is 8.41. The number of anilines is 2. The van der Waals surface area contributed by atoms with Crippen molar-refractivity contribution in [2.45, 2.75) is 18.9 Å². The molecule has 1 aromatic carbocycles. The second kappa shape index (κ2) is 6.64. The average Bonchev–Trinajstić information content (AvgIpc) is 2.57. The second-order valence-corrected chi connectivity index (χ2v) is 6.61. The second-order valence-electron chi connectivity index (χ2n) is 5.69. The lowest BCUT2D eigenvalue weighted by Gasteiger charge is -2.30. The van der Waals surface area contributed by atoms with Crippen molar-refractivity contribution in [3.63, 3.8) is 0 Å². The Balaban J connectivity index is 1.87. The van der Waals surface area contributed by atoms with Gasteiger partial charge >= 0.3 is 0 Å². The van der Waals surface area contributed by atoms with E-state index in [9.17, 15) is 0 Å². The number of nitrogen functional groups attached to an aromatic ring is 1. The summed E-state index contributed by atoms with van der Waals surface area (Å²) in [5.41, 5.74) is 13.9. The van der Waals surface area contributed by atoms with Gasteiger partial charge in [-0.15, -0.1) is 0 Å². The van der Waals surface area contributed by atoms with E-state index in [2.05, 4.69) is 30.8 Å². The molecule has 7 heteroatoms. The first-order valence-electron chi connectivity index (χ1n) is 7.51. The van der Waals surface area contributed by atoms with Gasteiger partial charge in [0.05, 0.1) is 18.1 Å². The van der Waals surface area contributed by atoms with Crippen LogP contribution in [-0.4, -0.2) is 34.8 Å². The highest BCUT2D eigenvalue weighted by Gasteiger charge is 2.19. The van der Waals surface area contributed by atoms with Gasteiger partial charge in [-0.05, 0) is 31.0 Å². The molecule has 23 heavy (non-hydrogen) atoms. The molecule has 5 N–H and O–H groups in total. The summed E-state index contributed by atoms with van der Waals surface area (Å²) in [6, 6.07) is 5.72. The summed E-state index contributed by atoms with van der Waals surface area (Å²) in [5.74, 6) is 0.785. The molecule has 3 rings (SSSR count). The molecule has 0 bridgehead atoms. The molecule has 0 aliphatic carbocycles. The first-order chi connectivity index (χ1) is 11.0. The first-order valence-corrected chi connectivity index (χ1v) is 8.31. The molecule has 0 amide bonds. The van der Waals surface area contributed by atoms with Gasteiger partial charge in [-0.25, -0.2) is 4.98 Å². The van der Waals surface area contributed by atoms with Crippen LogP contribution >= 0.6 is 15.9 Å². The quantitative estimate of drug-likeness (QED) is 0.563. The number of nitrogens with two attached hydrogens (primary N) is 2. The van der Waals surface area contributed by atoms with E-state index in [-0.39, 0.29) is 11.8 Å². The number of nitrogens with one attached hydrogen (secondary N) is 1. The summed E-state index contributed by atoms with van der Waals surface area (Å²) in [4.78, 5) is 11.0. The Labute approximate surface area is 143 Å². The molecule has 2 aromatic rings. The van der Waals surface area contributed by atoms with E-state index >= 15 is 0 Å². The zero-order valence-corrected chi connectivity index (χ0v) is 14.3. The molecule has 120 valence electrons. The van der Waals surface area contributed by atoms with Crippen LogP contribution in [0, 0.1) is 5.41 Å². The van der Waals surface area contributed by atoms with Crippen LogP contribution in [0.4, 0.5) is 11.5 Å². The summed E-state index contributed by atoms with van der Waals surface area (Å²) in [6.07, 6.45) is 5.23. The molecule has 1 aliphatic rings. The maximum absolute atomic E-state index is 8.41. The van der Waals surface area contributed by atoms with Crippen LogP contribution in [0.2, 0.25) is 0 Å². The van der Waals surface area contributed by atoms with E-state index in [1.807, 2.05) is 12.1 Å².